The van der Waals surface area contributed by atoms with Gasteiger partial charge in [0.15, 0.2) is 0 Å². The van der Waals surface area contributed by atoms with E-state index < -0.39 is 0 Å². The molecule has 1 fully saturated rings. The molecule has 3 nitrogen and oxygen atoms in total. The van der Waals surface area contributed by atoms with Gasteiger partial charge in [-0.25, -0.2) is 4.39 Å². The van der Waals surface area contributed by atoms with E-state index in [9.17, 15) is 9.18 Å². The standard InChI is InChI=1S/C16H21FN2O/c1-19-14(20)8-11-7-12(9-13(17)15(11)19)16(10-18)5-3-2-4-6-16/h7,9H,2-6,8,10,18H2,1H3. The average Bonchev–Trinajstić information content (AvgIpc) is 2.75. The van der Waals surface area contributed by atoms with Crippen LogP contribution in [0.2, 0.25) is 0 Å². The van der Waals surface area contributed by atoms with E-state index in [0.29, 0.717) is 18.7 Å². The van der Waals surface area contributed by atoms with Crippen LogP contribution in [0, 0.1) is 5.82 Å². The van der Waals surface area contributed by atoms with Crippen LogP contribution >= 0.6 is 0 Å². The molecule has 3 rings (SSSR count). The predicted molar refractivity (Wildman–Crippen MR) is 77.3 cm³/mol. The Labute approximate surface area is 118 Å². The molecule has 1 aromatic rings. The lowest BCUT2D eigenvalue weighted by atomic mass is 9.69. The summed E-state index contributed by atoms with van der Waals surface area (Å²) in [7, 11) is 1.64. The first-order valence-corrected chi connectivity index (χ1v) is 7.37. The van der Waals surface area contributed by atoms with E-state index in [1.807, 2.05) is 6.07 Å². The van der Waals surface area contributed by atoms with Crippen molar-refractivity contribution >= 4 is 11.6 Å². The number of carbonyl (C=O) groups excluding carboxylic acids is 1. The molecular formula is C16H21FN2O. The molecule has 20 heavy (non-hydrogen) atoms. The third kappa shape index (κ3) is 1.94. The van der Waals surface area contributed by atoms with Gasteiger partial charge in [0, 0.05) is 19.0 Å². The minimum atomic E-state index is -0.288. The molecule has 0 spiro atoms. The minimum absolute atomic E-state index is 0.0403. The number of hydrogen-bond acceptors (Lipinski definition) is 2. The minimum Gasteiger partial charge on any atom is -0.330 e. The first-order chi connectivity index (χ1) is 9.57. The van der Waals surface area contributed by atoms with Crippen molar-refractivity contribution in [1.82, 2.24) is 0 Å². The summed E-state index contributed by atoms with van der Waals surface area (Å²) in [5, 5.41) is 0. The van der Waals surface area contributed by atoms with Crippen LogP contribution in [0.25, 0.3) is 0 Å². The van der Waals surface area contributed by atoms with Crippen molar-refractivity contribution in [3.63, 3.8) is 0 Å². The molecule has 1 amide bonds. The number of anilines is 1. The number of benzene rings is 1. The Morgan fingerprint density at radius 2 is 2.00 bits per heavy atom. The molecule has 1 aliphatic heterocycles. The topological polar surface area (TPSA) is 46.3 Å². The molecule has 1 heterocycles. The second-order valence-electron chi connectivity index (χ2n) is 6.14. The number of carbonyl (C=O) groups is 1. The van der Waals surface area contributed by atoms with Crippen molar-refractivity contribution in [2.24, 2.45) is 5.73 Å². The summed E-state index contributed by atoms with van der Waals surface area (Å²) >= 11 is 0. The monoisotopic (exact) mass is 276 g/mol. The smallest absolute Gasteiger partial charge is 0.231 e. The van der Waals surface area contributed by atoms with E-state index >= 15 is 0 Å². The number of nitrogens with two attached hydrogens (primary N) is 1. The lowest BCUT2D eigenvalue weighted by molar-refractivity contribution is -0.117. The van der Waals surface area contributed by atoms with Gasteiger partial charge in [-0.1, -0.05) is 25.3 Å². The van der Waals surface area contributed by atoms with Crippen molar-refractivity contribution in [3.05, 3.63) is 29.1 Å². The zero-order chi connectivity index (χ0) is 14.3. The maximum atomic E-state index is 14.4. The molecule has 2 N–H and O–H groups in total. The molecule has 4 heteroatoms. The fraction of sp³-hybridized carbons (Fsp3) is 0.562. The van der Waals surface area contributed by atoms with Crippen molar-refractivity contribution in [2.45, 2.75) is 43.9 Å². The normalized spacial score (nSPS) is 21.1. The molecule has 1 aliphatic carbocycles. The highest BCUT2D eigenvalue weighted by Gasteiger charge is 2.36. The van der Waals surface area contributed by atoms with Gasteiger partial charge in [-0.3, -0.25) is 4.79 Å². The number of amides is 1. The molecule has 1 aromatic carbocycles. The number of rotatable bonds is 2. The van der Waals surface area contributed by atoms with E-state index in [1.54, 1.807) is 13.1 Å². The van der Waals surface area contributed by atoms with Gasteiger partial charge in [-0.05, 0) is 30.0 Å². The maximum Gasteiger partial charge on any atom is 0.231 e. The highest BCUT2D eigenvalue weighted by molar-refractivity contribution is 6.01. The van der Waals surface area contributed by atoms with Crippen LogP contribution in [0.4, 0.5) is 10.1 Å². The highest BCUT2D eigenvalue weighted by atomic mass is 19.1. The number of nitrogens with zero attached hydrogens (tertiary/aromatic N) is 1. The fourth-order valence-corrected chi connectivity index (χ4v) is 3.72. The molecule has 0 unspecified atom stereocenters. The van der Waals surface area contributed by atoms with Gasteiger partial charge >= 0.3 is 0 Å². The molecule has 0 aromatic heterocycles. The molecule has 108 valence electrons. The second-order valence-corrected chi connectivity index (χ2v) is 6.14. The first-order valence-electron chi connectivity index (χ1n) is 7.37. The van der Waals surface area contributed by atoms with E-state index in [1.165, 1.54) is 11.3 Å². The molecule has 0 saturated heterocycles. The Kier molecular flexibility index (Phi) is 3.28. The summed E-state index contributed by atoms with van der Waals surface area (Å²) in [5.74, 6) is -0.328. The van der Waals surface area contributed by atoms with Crippen LogP contribution in [0.1, 0.15) is 43.2 Å². The zero-order valence-corrected chi connectivity index (χ0v) is 11.9. The van der Waals surface area contributed by atoms with Gasteiger partial charge in [0.2, 0.25) is 5.91 Å². The van der Waals surface area contributed by atoms with Crippen LogP contribution in [0.3, 0.4) is 0 Å². The Hall–Kier alpha value is -1.42. The van der Waals surface area contributed by atoms with E-state index in [4.69, 9.17) is 5.73 Å². The van der Waals surface area contributed by atoms with Crippen LogP contribution in [0.15, 0.2) is 12.1 Å². The second kappa shape index (κ2) is 4.85. The summed E-state index contributed by atoms with van der Waals surface area (Å²) in [4.78, 5) is 13.2. The number of likely N-dealkylation sites (N-methyl/N-ethyl adjacent to an activating group) is 1. The third-order valence-electron chi connectivity index (χ3n) is 5.01. The van der Waals surface area contributed by atoms with Crippen molar-refractivity contribution in [3.8, 4) is 0 Å². The molecule has 0 atom stereocenters. The van der Waals surface area contributed by atoms with Crippen LogP contribution in [-0.4, -0.2) is 19.5 Å². The first kappa shape index (κ1) is 13.6. The quantitative estimate of drug-likeness (QED) is 0.902. The van der Waals surface area contributed by atoms with Crippen molar-refractivity contribution in [1.29, 1.82) is 0 Å². The van der Waals surface area contributed by atoms with Gasteiger partial charge in [0.1, 0.15) is 5.82 Å². The van der Waals surface area contributed by atoms with Gasteiger partial charge in [0.05, 0.1) is 12.1 Å². The van der Waals surface area contributed by atoms with E-state index in [2.05, 4.69) is 0 Å². The van der Waals surface area contributed by atoms with Crippen molar-refractivity contribution < 1.29 is 9.18 Å². The van der Waals surface area contributed by atoms with Crippen molar-refractivity contribution in [2.75, 3.05) is 18.5 Å². The summed E-state index contributed by atoms with van der Waals surface area (Å²) in [6.07, 6.45) is 5.87. The Balaban J connectivity index is 2.06. The van der Waals surface area contributed by atoms with Gasteiger partial charge in [-0.2, -0.15) is 0 Å². The summed E-state index contributed by atoms with van der Waals surface area (Å²) < 4.78 is 14.4. The molecule has 1 saturated carbocycles. The number of hydrogen-bond donors (Lipinski definition) is 1. The molecular weight excluding hydrogens is 255 g/mol. The Morgan fingerprint density at radius 1 is 1.30 bits per heavy atom. The SMILES string of the molecule is CN1C(=O)Cc2cc(C3(CN)CCCCC3)cc(F)c21. The average molecular weight is 276 g/mol. The molecule has 0 radical (unpaired) electrons. The highest BCUT2D eigenvalue weighted by Crippen LogP contribution is 2.42. The maximum absolute atomic E-state index is 14.4. The number of halogens is 1. The van der Waals surface area contributed by atoms with Crippen LogP contribution in [0.5, 0.6) is 0 Å². The zero-order valence-electron chi connectivity index (χ0n) is 11.9. The fourth-order valence-electron chi connectivity index (χ4n) is 3.72. The Bertz CT molecular complexity index is 550. The largest absolute Gasteiger partial charge is 0.330 e. The van der Waals surface area contributed by atoms with E-state index in [-0.39, 0.29) is 17.1 Å². The van der Waals surface area contributed by atoms with E-state index in [0.717, 1.165) is 36.8 Å². The lowest BCUT2D eigenvalue weighted by Gasteiger charge is -2.37. The van der Waals surface area contributed by atoms with Crippen LogP contribution in [-0.2, 0) is 16.6 Å². The number of fused-ring (bicyclic) bond motifs is 1. The molecule has 2 aliphatic rings. The lowest BCUT2D eigenvalue weighted by Crippen LogP contribution is -2.37. The van der Waals surface area contributed by atoms with Crippen LogP contribution < -0.4 is 10.6 Å². The van der Waals surface area contributed by atoms with Gasteiger partial charge < -0.3 is 10.6 Å². The summed E-state index contributed by atoms with van der Waals surface area (Å²) in [6, 6.07) is 3.62. The van der Waals surface area contributed by atoms with Gasteiger partial charge in [0.25, 0.3) is 0 Å². The summed E-state index contributed by atoms with van der Waals surface area (Å²) in [5.41, 5.74) is 8.16. The Morgan fingerprint density at radius 3 is 2.65 bits per heavy atom. The van der Waals surface area contributed by atoms with Gasteiger partial charge in [-0.15, -0.1) is 0 Å². The molecule has 0 bridgehead atoms. The summed E-state index contributed by atoms with van der Waals surface area (Å²) in [6.45, 7) is 0.551. The third-order valence-corrected chi connectivity index (χ3v) is 5.01. The predicted octanol–water partition coefficient (Wildman–Crippen LogP) is 2.51.